The summed E-state index contributed by atoms with van der Waals surface area (Å²) in [5.41, 5.74) is 1.85. The monoisotopic (exact) mass is 562 g/mol. The van der Waals surface area contributed by atoms with Crippen molar-refractivity contribution < 1.29 is 33.4 Å². The van der Waals surface area contributed by atoms with Crippen LogP contribution in [0.15, 0.2) is 59.5 Å². The number of hydrogen-bond acceptors (Lipinski definition) is 7. The highest BCUT2D eigenvalue weighted by atomic mass is 16.5. The van der Waals surface area contributed by atoms with Gasteiger partial charge in [-0.3, -0.25) is 19.2 Å². The molecule has 0 atom stereocenters. The van der Waals surface area contributed by atoms with Crippen LogP contribution in [0.1, 0.15) is 45.1 Å². The number of aliphatic carboxylic acids is 1. The Kier molecular flexibility index (Phi) is 9.06. The van der Waals surface area contributed by atoms with Gasteiger partial charge in [0.1, 0.15) is 5.75 Å². The summed E-state index contributed by atoms with van der Waals surface area (Å²) in [6.07, 6.45) is 5.44. The van der Waals surface area contributed by atoms with Gasteiger partial charge in [0.2, 0.25) is 5.91 Å². The Morgan fingerprint density at radius 3 is 2.22 bits per heavy atom. The second-order valence-corrected chi connectivity index (χ2v) is 10.8. The molecule has 2 aromatic carbocycles. The summed E-state index contributed by atoms with van der Waals surface area (Å²) in [7, 11) is 1.49. The fourth-order valence-electron chi connectivity index (χ4n) is 4.98. The number of carboxylic acid groups (broad SMARTS) is 1. The van der Waals surface area contributed by atoms with Crippen molar-refractivity contribution in [2.75, 3.05) is 17.7 Å². The van der Waals surface area contributed by atoms with Crippen LogP contribution < -0.4 is 20.7 Å². The third-order valence-corrected chi connectivity index (χ3v) is 7.13. The van der Waals surface area contributed by atoms with Crippen molar-refractivity contribution in [3.63, 3.8) is 0 Å². The van der Waals surface area contributed by atoms with Gasteiger partial charge in [0.15, 0.2) is 12.2 Å². The largest absolute Gasteiger partial charge is 0.496 e. The Morgan fingerprint density at radius 2 is 1.61 bits per heavy atom. The lowest BCUT2D eigenvalue weighted by Crippen LogP contribution is -2.49. The third-order valence-electron chi connectivity index (χ3n) is 7.13. The van der Waals surface area contributed by atoms with E-state index in [-0.39, 0.29) is 17.7 Å². The maximum Gasteiger partial charge on any atom is 0.313 e. The number of methoxy groups -OCH3 is 1. The lowest BCUT2D eigenvalue weighted by molar-refractivity contribution is -0.143. The number of hydrogen-bond donors (Lipinski definition) is 4. The Balaban J connectivity index is 1.28. The summed E-state index contributed by atoms with van der Waals surface area (Å²) in [6, 6.07) is 12.2. The maximum atomic E-state index is 12.7. The zero-order valence-electron chi connectivity index (χ0n) is 23.2. The average Bonchev–Trinajstić information content (AvgIpc) is 3.48. The number of oxazole rings is 1. The van der Waals surface area contributed by atoms with E-state index in [1.165, 1.54) is 13.5 Å². The molecule has 0 unspecified atom stereocenters. The van der Waals surface area contributed by atoms with Crippen LogP contribution in [0.3, 0.4) is 0 Å². The van der Waals surface area contributed by atoms with Crippen LogP contribution in [0.5, 0.6) is 5.75 Å². The van der Waals surface area contributed by atoms with Crippen LogP contribution in [0, 0.1) is 11.8 Å². The van der Waals surface area contributed by atoms with E-state index in [0.29, 0.717) is 60.6 Å². The first-order valence-electron chi connectivity index (χ1n) is 13.4. The number of amides is 3. The second kappa shape index (κ2) is 12.7. The Labute approximate surface area is 237 Å². The van der Waals surface area contributed by atoms with E-state index < -0.39 is 23.3 Å². The number of carbonyl (C=O) groups excluding carboxylic acids is 3. The van der Waals surface area contributed by atoms with E-state index >= 15 is 0 Å². The summed E-state index contributed by atoms with van der Waals surface area (Å²) in [4.78, 5) is 53.0. The first kappa shape index (κ1) is 29.3. The number of rotatable bonds is 9. The highest BCUT2D eigenvalue weighted by Gasteiger charge is 2.30. The molecular weight excluding hydrogens is 528 g/mol. The Hall–Kier alpha value is -4.67. The first-order chi connectivity index (χ1) is 19.5. The van der Waals surface area contributed by atoms with Gasteiger partial charge in [-0.2, -0.15) is 0 Å². The van der Waals surface area contributed by atoms with Crippen molar-refractivity contribution in [2.45, 2.75) is 51.5 Å². The molecule has 4 N–H and O–H groups in total. The molecule has 0 radical (unpaired) electrons. The number of nitrogens with zero attached hydrogens (tertiary/aromatic N) is 1. The summed E-state index contributed by atoms with van der Waals surface area (Å²) in [5.74, 6) is -2.11. The van der Waals surface area contributed by atoms with Gasteiger partial charge in [-0.1, -0.05) is 12.1 Å². The molecule has 1 aliphatic carbocycles. The minimum Gasteiger partial charge on any atom is -0.496 e. The molecule has 1 heterocycles. The molecule has 216 valence electrons. The number of anilines is 2. The maximum absolute atomic E-state index is 12.7. The van der Waals surface area contributed by atoms with Gasteiger partial charge in [0.05, 0.1) is 24.8 Å². The Bertz CT molecular complexity index is 1390. The fraction of sp³-hybridized carbons (Fsp3) is 0.367. The van der Waals surface area contributed by atoms with Gasteiger partial charge in [-0.15, -0.1) is 0 Å². The van der Waals surface area contributed by atoms with Crippen LogP contribution >= 0.6 is 0 Å². The summed E-state index contributed by atoms with van der Waals surface area (Å²) >= 11 is 0. The van der Waals surface area contributed by atoms with Crippen molar-refractivity contribution in [3.05, 3.63) is 60.6 Å². The summed E-state index contributed by atoms with van der Waals surface area (Å²) in [5, 5.41) is 17.4. The molecule has 0 spiro atoms. The normalized spacial score (nSPS) is 16.9. The molecule has 1 fully saturated rings. The van der Waals surface area contributed by atoms with Gasteiger partial charge >= 0.3 is 17.8 Å². The third kappa shape index (κ3) is 7.71. The van der Waals surface area contributed by atoms with E-state index in [4.69, 9.17) is 14.3 Å². The fourth-order valence-corrected chi connectivity index (χ4v) is 4.98. The molecule has 4 rings (SSSR count). The minimum absolute atomic E-state index is 0.106. The summed E-state index contributed by atoms with van der Waals surface area (Å²) in [6.45, 7) is 3.63. The van der Waals surface area contributed by atoms with Crippen molar-refractivity contribution in [1.82, 2.24) is 10.3 Å². The van der Waals surface area contributed by atoms with E-state index in [2.05, 4.69) is 20.9 Å². The number of nitrogens with one attached hydrogen (secondary N) is 3. The second-order valence-electron chi connectivity index (χ2n) is 10.8. The average molecular weight is 563 g/mol. The predicted octanol–water partition coefficient (Wildman–Crippen LogP) is 4.26. The van der Waals surface area contributed by atoms with Crippen LogP contribution in [0.2, 0.25) is 0 Å². The summed E-state index contributed by atoms with van der Waals surface area (Å²) < 4.78 is 10.7. The quantitative estimate of drug-likeness (QED) is 0.282. The number of ether oxygens (including phenoxy) is 1. The molecule has 1 saturated carbocycles. The molecule has 1 aliphatic rings. The standard InChI is InChI=1S/C30H34N4O7/c1-30(2,15-18-4-10-21(11-5-18)32-26(35)19-6-8-20(9-7-19)29(38)39)34-28(37)27(36)33-22-12-13-23(24(14-22)40-3)25-16-31-17-41-25/h4-5,10-14,16-17,19-20H,6-9,15H2,1-3H3,(H,32,35)(H,33,36)(H,34,37)(H,38,39). The predicted molar refractivity (Wildman–Crippen MR) is 151 cm³/mol. The molecule has 11 nitrogen and oxygen atoms in total. The minimum atomic E-state index is -0.817. The molecule has 3 aromatic rings. The topological polar surface area (TPSA) is 160 Å². The zero-order chi connectivity index (χ0) is 29.6. The van der Waals surface area contributed by atoms with Crippen molar-refractivity contribution in [3.8, 4) is 17.1 Å². The van der Waals surface area contributed by atoms with Gasteiger partial charge in [-0.05, 0) is 75.8 Å². The molecule has 0 bridgehead atoms. The number of benzene rings is 2. The van der Waals surface area contributed by atoms with Crippen molar-refractivity contribution in [1.29, 1.82) is 0 Å². The molecule has 11 heteroatoms. The lowest BCUT2D eigenvalue weighted by atomic mass is 9.81. The number of carboxylic acids is 1. The number of carbonyl (C=O) groups is 4. The smallest absolute Gasteiger partial charge is 0.313 e. The van der Waals surface area contributed by atoms with E-state index in [0.717, 1.165) is 5.56 Å². The molecule has 1 aromatic heterocycles. The van der Waals surface area contributed by atoms with E-state index in [1.807, 2.05) is 26.0 Å². The highest BCUT2D eigenvalue weighted by molar-refractivity contribution is 6.39. The van der Waals surface area contributed by atoms with Crippen LogP contribution in [-0.2, 0) is 25.6 Å². The van der Waals surface area contributed by atoms with Gasteiger partial charge in [0, 0.05) is 28.9 Å². The van der Waals surface area contributed by atoms with Crippen LogP contribution in [0.25, 0.3) is 11.3 Å². The van der Waals surface area contributed by atoms with Crippen LogP contribution in [-0.4, -0.2) is 46.4 Å². The zero-order valence-corrected chi connectivity index (χ0v) is 23.2. The molecule has 0 aliphatic heterocycles. The SMILES string of the molecule is COc1cc(NC(=O)C(=O)NC(C)(C)Cc2ccc(NC(=O)C3CCC(C(=O)O)CC3)cc2)ccc1-c1cnco1. The molecule has 41 heavy (non-hydrogen) atoms. The van der Waals surface area contributed by atoms with Gasteiger partial charge in [0.25, 0.3) is 0 Å². The molecule has 3 amide bonds. The van der Waals surface area contributed by atoms with E-state index in [9.17, 15) is 19.2 Å². The van der Waals surface area contributed by atoms with Gasteiger partial charge < -0.3 is 30.2 Å². The van der Waals surface area contributed by atoms with Crippen molar-refractivity contribution >= 4 is 35.1 Å². The molecular formula is C30H34N4O7. The van der Waals surface area contributed by atoms with E-state index in [1.54, 1.807) is 36.5 Å². The van der Waals surface area contributed by atoms with Gasteiger partial charge in [-0.25, -0.2) is 4.98 Å². The first-order valence-corrected chi connectivity index (χ1v) is 13.4. The van der Waals surface area contributed by atoms with Crippen molar-refractivity contribution in [2.24, 2.45) is 11.8 Å². The number of aromatic nitrogens is 1. The molecule has 0 saturated heterocycles. The van der Waals surface area contributed by atoms with Crippen LogP contribution in [0.4, 0.5) is 11.4 Å². The highest BCUT2D eigenvalue weighted by Crippen LogP contribution is 2.32. The Morgan fingerprint density at radius 1 is 0.951 bits per heavy atom. The lowest BCUT2D eigenvalue weighted by Gasteiger charge is -2.26.